The molecule has 0 aromatic heterocycles. The van der Waals surface area contributed by atoms with E-state index in [9.17, 15) is 15.3 Å². The topological polar surface area (TPSA) is 99.4 Å². The van der Waals surface area contributed by atoms with Gasteiger partial charge in [-0.1, -0.05) is 84.0 Å². The molecule has 4 N–H and O–H groups in total. The lowest BCUT2D eigenvalue weighted by molar-refractivity contribution is -0.301. The fourth-order valence-corrected chi connectivity index (χ4v) is 3.52. The highest BCUT2D eigenvalue weighted by molar-refractivity contribution is 4.88. The van der Waals surface area contributed by atoms with Gasteiger partial charge in [-0.25, -0.2) is 0 Å². The molecule has 6 heteroatoms. The lowest BCUT2D eigenvalue weighted by Gasteiger charge is -2.39. The molecule has 6 nitrogen and oxygen atoms in total. The number of aliphatic hydroxyl groups excluding tert-OH is 4. The van der Waals surface area contributed by atoms with Gasteiger partial charge in [-0.2, -0.15) is 0 Å². The number of ether oxygens (including phenoxy) is 2. The van der Waals surface area contributed by atoms with Crippen LogP contribution in [-0.2, 0) is 9.47 Å². The summed E-state index contributed by atoms with van der Waals surface area (Å²) >= 11 is 0. The lowest BCUT2D eigenvalue weighted by Crippen LogP contribution is -2.59. The Hall–Kier alpha value is -0.240. The second-order valence-corrected chi connectivity index (χ2v) is 7.81. The Morgan fingerprint density at radius 1 is 0.667 bits per heavy atom. The minimum absolute atomic E-state index is 0.427. The average molecular weight is 391 g/mol. The van der Waals surface area contributed by atoms with Crippen LogP contribution in [0.4, 0.5) is 0 Å². The predicted octanol–water partition coefficient (Wildman–Crippen LogP) is 2.89. The van der Waals surface area contributed by atoms with Crippen molar-refractivity contribution in [2.75, 3.05) is 13.2 Å². The SMILES string of the molecule is CCCCCCCCCCCCCCCOC1O[C@H](CO)[C@@H](O)[C@H](O)[C@H]1O. The molecule has 0 amide bonds. The first-order valence-corrected chi connectivity index (χ1v) is 11.0. The van der Waals surface area contributed by atoms with Crippen LogP contribution in [0.15, 0.2) is 0 Å². The molecule has 1 saturated heterocycles. The van der Waals surface area contributed by atoms with Crippen molar-refractivity contribution in [2.24, 2.45) is 0 Å². The summed E-state index contributed by atoms with van der Waals surface area (Å²) in [6.45, 7) is 2.26. The van der Waals surface area contributed by atoms with Crippen molar-refractivity contribution in [3.8, 4) is 0 Å². The Labute approximate surface area is 164 Å². The summed E-state index contributed by atoms with van der Waals surface area (Å²) in [5.74, 6) is 0. The second-order valence-electron chi connectivity index (χ2n) is 7.81. The second kappa shape index (κ2) is 15.7. The molecule has 0 aromatic rings. The number of unbranched alkanes of at least 4 members (excludes halogenated alkanes) is 12. The molecule has 1 aliphatic rings. The average Bonchev–Trinajstić information content (AvgIpc) is 2.68. The first-order valence-electron chi connectivity index (χ1n) is 11.0. The zero-order valence-corrected chi connectivity index (χ0v) is 17.1. The number of aliphatic hydroxyl groups is 4. The standard InChI is InChI=1S/C21H42O6/c1-2-3-4-5-6-7-8-9-10-11-12-13-14-15-26-21-20(25)19(24)18(23)17(16-22)27-21/h17-25H,2-16H2,1H3/t17-,18-,19+,20-,21?/m1/s1. The van der Waals surface area contributed by atoms with E-state index in [4.69, 9.17) is 14.6 Å². The van der Waals surface area contributed by atoms with E-state index in [1.54, 1.807) is 0 Å². The summed E-state index contributed by atoms with van der Waals surface area (Å²) in [6.07, 6.45) is 10.6. The van der Waals surface area contributed by atoms with Crippen LogP contribution in [0.3, 0.4) is 0 Å². The third-order valence-corrected chi connectivity index (χ3v) is 5.38. The van der Waals surface area contributed by atoms with Crippen molar-refractivity contribution in [3.05, 3.63) is 0 Å². The molecule has 5 atom stereocenters. The third-order valence-electron chi connectivity index (χ3n) is 5.38. The van der Waals surface area contributed by atoms with Crippen LogP contribution in [0.25, 0.3) is 0 Å². The summed E-state index contributed by atoms with van der Waals surface area (Å²) in [7, 11) is 0. The summed E-state index contributed by atoms with van der Waals surface area (Å²) < 4.78 is 10.8. The molecular weight excluding hydrogens is 348 g/mol. The minimum Gasteiger partial charge on any atom is -0.394 e. The van der Waals surface area contributed by atoms with E-state index in [-0.39, 0.29) is 0 Å². The van der Waals surface area contributed by atoms with Crippen LogP contribution in [0.1, 0.15) is 90.4 Å². The fraction of sp³-hybridized carbons (Fsp3) is 1.00. The zero-order valence-electron chi connectivity index (χ0n) is 17.1. The van der Waals surface area contributed by atoms with Crippen LogP contribution >= 0.6 is 0 Å². The maximum absolute atomic E-state index is 9.88. The number of hydrogen-bond donors (Lipinski definition) is 4. The van der Waals surface area contributed by atoms with Gasteiger partial charge in [0.15, 0.2) is 6.29 Å². The first kappa shape index (κ1) is 24.8. The predicted molar refractivity (Wildman–Crippen MR) is 105 cm³/mol. The highest BCUT2D eigenvalue weighted by Gasteiger charge is 2.43. The Kier molecular flexibility index (Phi) is 14.4. The molecule has 0 radical (unpaired) electrons. The fourth-order valence-electron chi connectivity index (χ4n) is 3.52. The molecule has 0 aliphatic carbocycles. The van der Waals surface area contributed by atoms with Crippen LogP contribution in [0.2, 0.25) is 0 Å². The quantitative estimate of drug-likeness (QED) is 0.303. The van der Waals surface area contributed by atoms with Crippen LogP contribution < -0.4 is 0 Å². The highest BCUT2D eigenvalue weighted by Crippen LogP contribution is 2.22. The van der Waals surface area contributed by atoms with Gasteiger partial charge in [0.05, 0.1) is 6.61 Å². The molecular formula is C21H42O6. The summed E-state index contributed by atoms with van der Waals surface area (Å²) in [5, 5.41) is 38.5. The van der Waals surface area contributed by atoms with Crippen molar-refractivity contribution in [3.63, 3.8) is 0 Å². The number of hydrogen-bond acceptors (Lipinski definition) is 6. The van der Waals surface area contributed by atoms with Crippen LogP contribution in [0.5, 0.6) is 0 Å². The smallest absolute Gasteiger partial charge is 0.186 e. The third kappa shape index (κ3) is 10.2. The summed E-state index contributed by atoms with van der Waals surface area (Å²) in [5.41, 5.74) is 0. The van der Waals surface area contributed by atoms with Gasteiger partial charge in [-0.05, 0) is 6.42 Å². The normalized spacial score (nSPS) is 28.6. The first-order chi connectivity index (χ1) is 13.1. The van der Waals surface area contributed by atoms with Gasteiger partial charge in [0.1, 0.15) is 24.4 Å². The van der Waals surface area contributed by atoms with Crippen molar-refractivity contribution in [1.29, 1.82) is 0 Å². The minimum atomic E-state index is -1.37. The monoisotopic (exact) mass is 390 g/mol. The number of rotatable bonds is 16. The molecule has 0 aromatic carbocycles. The molecule has 1 aliphatic heterocycles. The van der Waals surface area contributed by atoms with Crippen molar-refractivity contribution in [2.45, 2.75) is 121 Å². The Morgan fingerprint density at radius 2 is 1.15 bits per heavy atom. The maximum atomic E-state index is 9.88. The molecule has 1 fully saturated rings. The van der Waals surface area contributed by atoms with Gasteiger partial charge in [-0.3, -0.25) is 0 Å². The van der Waals surface area contributed by atoms with Gasteiger partial charge < -0.3 is 29.9 Å². The molecule has 0 saturated carbocycles. The van der Waals surface area contributed by atoms with E-state index in [0.29, 0.717) is 6.61 Å². The molecule has 1 unspecified atom stereocenters. The van der Waals surface area contributed by atoms with Gasteiger partial charge in [0.25, 0.3) is 0 Å². The van der Waals surface area contributed by atoms with E-state index in [0.717, 1.165) is 12.8 Å². The van der Waals surface area contributed by atoms with E-state index in [1.165, 1.54) is 70.6 Å². The van der Waals surface area contributed by atoms with Gasteiger partial charge in [0.2, 0.25) is 0 Å². The van der Waals surface area contributed by atoms with Crippen molar-refractivity contribution >= 4 is 0 Å². The molecule has 0 spiro atoms. The highest BCUT2D eigenvalue weighted by atomic mass is 16.7. The summed E-state index contributed by atoms with van der Waals surface area (Å²) in [4.78, 5) is 0. The van der Waals surface area contributed by atoms with Gasteiger partial charge in [-0.15, -0.1) is 0 Å². The van der Waals surface area contributed by atoms with Crippen LogP contribution in [-0.4, -0.2) is 64.3 Å². The van der Waals surface area contributed by atoms with E-state index >= 15 is 0 Å². The molecule has 27 heavy (non-hydrogen) atoms. The largest absolute Gasteiger partial charge is 0.394 e. The van der Waals surface area contributed by atoms with Gasteiger partial charge in [0, 0.05) is 6.61 Å². The Bertz CT molecular complexity index is 339. The van der Waals surface area contributed by atoms with Crippen molar-refractivity contribution < 1.29 is 29.9 Å². The van der Waals surface area contributed by atoms with Crippen molar-refractivity contribution in [1.82, 2.24) is 0 Å². The van der Waals surface area contributed by atoms with Crippen LogP contribution in [0, 0.1) is 0 Å². The maximum Gasteiger partial charge on any atom is 0.186 e. The zero-order chi connectivity index (χ0) is 19.9. The molecule has 0 bridgehead atoms. The Morgan fingerprint density at radius 3 is 1.63 bits per heavy atom. The molecule has 1 rings (SSSR count). The summed E-state index contributed by atoms with van der Waals surface area (Å²) in [6, 6.07) is 0. The molecule has 162 valence electrons. The van der Waals surface area contributed by atoms with E-state index < -0.39 is 37.3 Å². The van der Waals surface area contributed by atoms with E-state index in [1.807, 2.05) is 0 Å². The van der Waals surface area contributed by atoms with E-state index in [2.05, 4.69) is 6.92 Å². The van der Waals surface area contributed by atoms with Gasteiger partial charge >= 0.3 is 0 Å². The lowest BCUT2D eigenvalue weighted by atomic mass is 9.99. The Balaban J connectivity index is 1.92. The molecule has 1 heterocycles.